The summed E-state index contributed by atoms with van der Waals surface area (Å²) >= 11 is 0. The van der Waals surface area contributed by atoms with Gasteiger partial charge in [-0.25, -0.2) is 4.79 Å². The molecule has 0 unspecified atom stereocenters. The molecule has 0 spiro atoms. The highest BCUT2D eigenvalue weighted by Gasteiger charge is 2.27. The number of fused-ring (bicyclic) bond motifs is 3. The van der Waals surface area contributed by atoms with Crippen LogP contribution in [0, 0.1) is 0 Å². The summed E-state index contributed by atoms with van der Waals surface area (Å²) < 4.78 is 4.21. The Morgan fingerprint density at radius 1 is 1.14 bits per heavy atom. The van der Waals surface area contributed by atoms with E-state index in [9.17, 15) is 14.4 Å². The molecule has 4 rings (SSSR count). The normalized spacial score (nSPS) is 13.8. The van der Waals surface area contributed by atoms with Gasteiger partial charge in [-0.3, -0.25) is 18.7 Å². The Kier molecular flexibility index (Phi) is 4.41. The van der Waals surface area contributed by atoms with Crippen LogP contribution in [-0.2, 0) is 31.4 Å². The maximum atomic E-state index is 13.0. The lowest BCUT2D eigenvalue weighted by molar-refractivity contribution is -0.117. The third-order valence-corrected chi connectivity index (χ3v) is 5.25. The summed E-state index contributed by atoms with van der Waals surface area (Å²) in [5, 5.41) is 0. The van der Waals surface area contributed by atoms with E-state index < -0.39 is 11.2 Å². The number of hydrogen-bond donors (Lipinski definition) is 0. The molecule has 28 heavy (non-hydrogen) atoms. The Labute approximate surface area is 161 Å². The molecule has 0 saturated carbocycles. The van der Waals surface area contributed by atoms with Gasteiger partial charge in [-0.05, 0) is 37.5 Å². The summed E-state index contributed by atoms with van der Waals surface area (Å²) in [7, 11) is 1.58. The van der Waals surface area contributed by atoms with Crippen LogP contribution in [0.3, 0.4) is 0 Å². The van der Waals surface area contributed by atoms with E-state index in [4.69, 9.17) is 0 Å². The molecule has 2 aromatic heterocycles. The first kappa shape index (κ1) is 18.2. The van der Waals surface area contributed by atoms with Crippen molar-refractivity contribution in [1.82, 2.24) is 18.7 Å². The number of imidazole rings is 1. The Hall–Kier alpha value is -3.16. The minimum atomic E-state index is -0.526. The average molecular weight is 381 g/mol. The fourth-order valence-electron chi connectivity index (χ4n) is 3.78. The van der Waals surface area contributed by atoms with Crippen LogP contribution in [0.25, 0.3) is 11.2 Å². The van der Waals surface area contributed by atoms with Gasteiger partial charge in [0.15, 0.2) is 11.2 Å². The van der Waals surface area contributed by atoms with Crippen molar-refractivity contribution < 1.29 is 4.79 Å². The highest BCUT2D eigenvalue weighted by atomic mass is 16.2. The first-order valence-corrected chi connectivity index (χ1v) is 9.48. The smallest absolute Gasteiger partial charge is 0.312 e. The molecule has 0 bridgehead atoms. The van der Waals surface area contributed by atoms with Crippen molar-refractivity contribution in [3.63, 3.8) is 0 Å². The number of anilines is 2. The van der Waals surface area contributed by atoms with Crippen molar-refractivity contribution in [2.45, 2.75) is 39.8 Å². The first-order valence-electron chi connectivity index (χ1n) is 9.48. The minimum Gasteiger partial charge on any atom is -0.312 e. The van der Waals surface area contributed by atoms with E-state index in [1.807, 2.05) is 4.57 Å². The summed E-state index contributed by atoms with van der Waals surface area (Å²) in [6, 6.07) is 8.29. The third-order valence-electron chi connectivity index (χ3n) is 5.25. The Morgan fingerprint density at radius 3 is 2.50 bits per heavy atom. The lowest BCUT2D eigenvalue weighted by Crippen LogP contribution is -2.41. The summed E-state index contributed by atoms with van der Waals surface area (Å²) in [5.74, 6) is 0.410. The number of Topliss-reactive ketones (excluding diaryl/α,β-unsaturated/α-hetero) is 1. The molecule has 0 atom stereocenters. The van der Waals surface area contributed by atoms with Crippen molar-refractivity contribution in [3.8, 4) is 0 Å². The van der Waals surface area contributed by atoms with Gasteiger partial charge in [-0.15, -0.1) is 0 Å². The predicted molar refractivity (Wildman–Crippen MR) is 107 cm³/mol. The van der Waals surface area contributed by atoms with Crippen LogP contribution in [0.5, 0.6) is 0 Å². The third kappa shape index (κ3) is 2.76. The number of nitrogens with zero attached hydrogens (tertiary/aromatic N) is 5. The quantitative estimate of drug-likeness (QED) is 0.685. The topological polar surface area (TPSA) is 82.1 Å². The number of ketones is 1. The van der Waals surface area contributed by atoms with Crippen LogP contribution < -0.4 is 16.1 Å². The maximum absolute atomic E-state index is 13.0. The van der Waals surface area contributed by atoms with Crippen LogP contribution in [-0.4, -0.2) is 31.0 Å². The number of benzene rings is 1. The largest absolute Gasteiger partial charge is 0.332 e. The van der Waals surface area contributed by atoms with E-state index in [0.29, 0.717) is 23.7 Å². The van der Waals surface area contributed by atoms with Gasteiger partial charge in [0.2, 0.25) is 5.95 Å². The molecule has 1 aliphatic rings. The van der Waals surface area contributed by atoms with E-state index >= 15 is 0 Å². The SMILES string of the molecule is CCc1ccc(N2CCCn3c2nc2c3c(=O)n(CC(C)=O)c(=O)n2C)cc1. The molecule has 146 valence electrons. The molecular weight excluding hydrogens is 358 g/mol. The molecule has 0 aliphatic carbocycles. The lowest BCUT2D eigenvalue weighted by atomic mass is 10.1. The molecule has 0 N–H and O–H groups in total. The fraction of sp³-hybridized carbons (Fsp3) is 0.400. The molecule has 0 saturated heterocycles. The number of carbonyl (C=O) groups is 1. The minimum absolute atomic E-state index is 0.232. The Bertz CT molecular complexity index is 1180. The summed E-state index contributed by atoms with van der Waals surface area (Å²) in [6.07, 6.45) is 1.82. The second-order valence-electron chi connectivity index (χ2n) is 7.20. The second-order valence-corrected chi connectivity index (χ2v) is 7.20. The van der Waals surface area contributed by atoms with E-state index in [1.54, 1.807) is 7.05 Å². The summed E-state index contributed by atoms with van der Waals surface area (Å²) in [6.45, 7) is 4.67. The van der Waals surface area contributed by atoms with Gasteiger partial charge in [-0.2, -0.15) is 4.98 Å². The first-order chi connectivity index (χ1) is 13.4. The molecule has 8 heteroatoms. The van der Waals surface area contributed by atoms with Gasteiger partial charge >= 0.3 is 5.69 Å². The van der Waals surface area contributed by atoms with Crippen molar-refractivity contribution in [2.24, 2.45) is 7.05 Å². The van der Waals surface area contributed by atoms with Crippen LogP contribution in [0.15, 0.2) is 33.9 Å². The van der Waals surface area contributed by atoms with E-state index in [1.165, 1.54) is 17.1 Å². The van der Waals surface area contributed by atoms with Gasteiger partial charge in [0.05, 0.1) is 6.54 Å². The molecule has 0 amide bonds. The number of carbonyl (C=O) groups excluding carboxylic acids is 1. The molecule has 0 fully saturated rings. The number of aromatic nitrogens is 4. The molecule has 0 radical (unpaired) electrons. The lowest BCUT2D eigenvalue weighted by Gasteiger charge is -2.29. The zero-order valence-corrected chi connectivity index (χ0v) is 16.3. The second kappa shape index (κ2) is 6.78. The van der Waals surface area contributed by atoms with Gasteiger partial charge in [0.1, 0.15) is 5.78 Å². The molecule has 1 aliphatic heterocycles. The van der Waals surface area contributed by atoms with Gasteiger partial charge in [-0.1, -0.05) is 19.1 Å². The van der Waals surface area contributed by atoms with E-state index in [0.717, 1.165) is 29.6 Å². The Morgan fingerprint density at radius 2 is 1.86 bits per heavy atom. The number of aryl methyl sites for hydroxylation is 3. The van der Waals surface area contributed by atoms with Crippen LogP contribution in [0.4, 0.5) is 11.6 Å². The maximum Gasteiger partial charge on any atom is 0.332 e. The molecule has 1 aromatic carbocycles. The highest BCUT2D eigenvalue weighted by molar-refractivity contribution is 5.78. The number of rotatable bonds is 4. The number of hydrogen-bond acceptors (Lipinski definition) is 5. The van der Waals surface area contributed by atoms with Crippen molar-refractivity contribution in [2.75, 3.05) is 11.4 Å². The zero-order valence-electron chi connectivity index (χ0n) is 16.3. The summed E-state index contributed by atoms with van der Waals surface area (Å²) in [5.41, 5.74) is 1.98. The van der Waals surface area contributed by atoms with Gasteiger partial charge < -0.3 is 9.47 Å². The van der Waals surface area contributed by atoms with E-state index in [-0.39, 0.29) is 12.3 Å². The standard InChI is InChI=1S/C20H23N5O3/c1-4-14-6-8-15(9-7-14)23-10-5-11-24-16-17(21-19(23)24)22(3)20(28)25(18(16)27)12-13(2)26/h6-9H,4-5,10-12H2,1-3H3. The molecule has 3 heterocycles. The van der Waals surface area contributed by atoms with Crippen molar-refractivity contribution in [3.05, 3.63) is 50.7 Å². The molecular formula is C20H23N5O3. The van der Waals surface area contributed by atoms with Gasteiger partial charge in [0, 0.05) is 25.8 Å². The van der Waals surface area contributed by atoms with Crippen LogP contribution >= 0.6 is 0 Å². The average Bonchev–Trinajstić information content (AvgIpc) is 3.09. The van der Waals surface area contributed by atoms with E-state index in [2.05, 4.69) is 41.1 Å². The summed E-state index contributed by atoms with van der Waals surface area (Å²) in [4.78, 5) is 43.9. The fourth-order valence-corrected chi connectivity index (χ4v) is 3.78. The monoisotopic (exact) mass is 381 g/mol. The predicted octanol–water partition coefficient (Wildman–Crippen LogP) is 1.59. The van der Waals surface area contributed by atoms with Crippen molar-refractivity contribution >= 4 is 28.6 Å². The van der Waals surface area contributed by atoms with Crippen LogP contribution in [0.2, 0.25) is 0 Å². The van der Waals surface area contributed by atoms with Gasteiger partial charge in [0.25, 0.3) is 5.56 Å². The molecule has 3 aromatic rings. The zero-order chi connectivity index (χ0) is 20.0. The van der Waals surface area contributed by atoms with Crippen molar-refractivity contribution in [1.29, 1.82) is 0 Å². The van der Waals surface area contributed by atoms with Crippen LogP contribution in [0.1, 0.15) is 25.8 Å². The highest BCUT2D eigenvalue weighted by Crippen LogP contribution is 2.31. The molecule has 8 nitrogen and oxygen atoms in total. The Balaban J connectivity index is 1.94.